The van der Waals surface area contributed by atoms with Crippen LogP contribution in [0.5, 0.6) is 0 Å². The van der Waals surface area contributed by atoms with Gasteiger partial charge in [-0.1, -0.05) is 12.2 Å². The highest BCUT2D eigenvalue weighted by atomic mass is 16.1. The molecule has 2 rings (SSSR count). The van der Waals surface area contributed by atoms with Gasteiger partial charge in [0.25, 0.3) is 0 Å². The molecule has 0 bridgehead atoms. The summed E-state index contributed by atoms with van der Waals surface area (Å²) in [6.45, 7) is 5.80. The average molecular weight is 200 g/mol. The fourth-order valence-electron chi connectivity index (χ4n) is 1.52. The van der Waals surface area contributed by atoms with Gasteiger partial charge in [-0.05, 0) is 25.1 Å². The van der Waals surface area contributed by atoms with Crippen molar-refractivity contribution in [2.45, 2.75) is 13.3 Å². The Balaban J connectivity index is 2.46. The van der Waals surface area contributed by atoms with Crippen molar-refractivity contribution in [1.82, 2.24) is 9.97 Å². The number of hydrogen-bond donors (Lipinski definition) is 1. The molecule has 0 saturated carbocycles. The molecule has 3 heteroatoms. The number of aromatic amines is 1. The Morgan fingerprint density at radius 3 is 3.07 bits per heavy atom. The van der Waals surface area contributed by atoms with Crippen LogP contribution in [0.3, 0.4) is 0 Å². The maximum absolute atomic E-state index is 10.6. The molecule has 1 aromatic heterocycles. The zero-order valence-electron chi connectivity index (χ0n) is 8.58. The molecule has 0 atom stereocenters. The summed E-state index contributed by atoms with van der Waals surface area (Å²) in [6, 6.07) is 5.41. The van der Waals surface area contributed by atoms with E-state index in [1.54, 1.807) is 12.1 Å². The highest BCUT2D eigenvalue weighted by molar-refractivity contribution is 5.84. The van der Waals surface area contributed by atoms with Crippen molar-refractivity contribution in [2.75, 3.05) is 0 Å². The topological polar surface area (TPSA) is 45.8 Å². The maximum atomic E-state index is 10.6. The number of aldehydes is 1. The van der Waals surface area contributed by atoms with Crippen LogP contribution in [0.25, 0.3) is 11.0 Å². The smallest absolute Gasteiger partial charge is 0.150 e. The van der Waals surface area contributed by atoms with Crippen LogP contribution < -0.4 is 0 Å². The van der Waals surface area contributed by atoms with Crippen LogP contribution in [0, 0.1) is 0 Å². The van der Waals surface area contributed by atoms with Gasteiger partial charge in [0.1, 0.15) is 12.1 Å². The van der Waals surface area contributed by atoms with Crippen LogP contribution in [-0.4, -0.2) is 16.3 Å². The van der Waals surface area contributed by atoms with Crippen LogP contribution in [0.1, 0.15) is 23.1 Å². The zero-order chi connectivity index (χ0) is 10.8. The van der Waals surface area contributed by atoms with E-state index in [-0.39, 0.29) is 0 Å². The minimum atomic E-state index is 0.660. The van der Waals surface area contributed by atoms with Crippen molar-refractivity contribution in [3.8, 4) is 0 Å². The van der Waals surface area contributed by atoms with Gasteiger partial charge < -0.3 is 4.98 Å². The molecule has 1 N–H and O–H groups in total. The number of fused-ring (bicyclic) bond motifs is 1. The van der Waals surface area contributed by atoms with Gasteiger partial charge >= 0.3 is 0 Å². The first-order valence-corrected chi connectivity index (χ1v) is 4.77. The molecule has 0 saturated heterocycles. The molecule has 3 nitrogen and oxygen atoms in total. The molecule has 0 fully saturated rings. The van der Waals surface area contributed by atoms with E-state index < -0.39 is 0 Å². The van der Waals surface area contributed by atoms with E-state index in [2.05, 4.69) is 16.5 Å². The minimum absolute atomic E-state index is 0.660. The van der Waals surface area contributed by atoms with E-state index in [1.165, 1.54) is 0 Å². The van der Waals surface area contributed by atoms with E-state index in [9.17, 15) is 4.79 Å². The third-order valence-electron chi connectivity index (χ3n) is 2.16. The summed E-state index contributed by atoms with van der Waals surface area (Å²) in [4.78, 5) is 18.2. The maximum Gasteiger partial charge on any atom is 0.150 e. The Labute approximate surface area is 87.8 Å². The van der Waals surface area contributed by atoms with Gasteiger partial charge in [0.2, 0.25) is 0 Å². The summed E-state index contributed by atoms with van der Waals surface area (Å²) in [5.41, 5.74) is 3.50. The van der Waals surface area contributed by atoms with E-state index in [0.717, 1.165) is 35.1 Å². The number of H-pyrrole nitrogens is 1. The number of nitrogens with one attached hydrogen (secondary N) is 1. The molecular formula is C12H12N2O. The fraction of sp³-hybridized carbons (Fsp3) is 0.167. The number of carbonyl (C=O) groups excluding carboxylic acids is 1. The lowest BCUT2D eigenvalue weighted by molar-refractivity contribution is 0.112. The van der Waals surface area contributed by atoms with Gasteiger partial charge in [-0.2, -0.15) is 0 Å². The standard InChI is InChI=1S/C12H12N2O/c1-8(2)5-12-13-10-4-3-9(7-15)6-11(10)14-12/h3-4,6-7H,1,5H2,2H3,(H,13,14). The number of benzene rings is 1. The van der Waals surface area contributed by atoms with E-state index in [1.807, 2.05) is 13.0 Å². The molecule has 2 aromatic rings. The molecule has 1 heterocycles. The molecule has 0 aliphatic heterocycles. The number of imidazole rings is 1. The molecule has 0 spiro atoms. The number of carbonyl (C=O) groups is 1. The first-order chi connectivity index (χ1) is 7.19. The lowest BCUT2D eigenvalue weighted by Gasteiger charge is -1.91. The van der Waals surface area contributed by atoms with E-state index in [0.29, 0.717) is 5.56 Å². The average Bonchev–Trinajstić information content (AvgIpc) is 2.57. The van der Waals surface area contributed by atoms with Crippen molar-refractivity contribution >= 4 is 17.3 Å². The first-order valence-electron chi connectivity index (χ1n) is 4.77. The van der Waals surface area contributed by atoms with Gasteiger partial charge in [0, 0.05) is 12.0 Å². The summed E-state index contributed by atoms with van der Waals surface area (Å²) in [7, 11) is 0. The number of allylic oxidation sites excluding steroid dienone is 1. The Kier molecular flexibility index (Phi) is 2.37. The minimum Gasteiger partial charge on any atom is -0.342 e. The summed E-state index contributed by atoms with van der Waals surface area (Å²) < 4.78 is 0. The summed E-state index contributed by atoms with van der Waals surface area (Å²) in [6.07, 6.45) is 1.57. The van der Waals surface area contributed by atoms with E-state index in [4.69, 9.17) is 0 Å². The lowest BCUT2D eigenvalue weighted by Crippen LogP contribution is -1.87. The van der Waals surface area contributed by atoms with Crippen LogP contribution in [0.15, 0.2) is 30.4 Å². The van der Waals surface area contributed by atoms with Crippen LogP contribution in [-0.2, 0) is 6.42 Å². The molecule has 1 aromatic carbocycles. The molecule has 0 aliphatic rings. The van der Waals surface area contributed by atoms with Gasteiger partial charge in [0.05, 0.1) is 11.0 Å². The third-order valence-corrected chi connectivity index (χ3v) is 2.16. The van der Waals surface area contributed by atoms with Gasteiger partial charge in [0.15, 0.2) is 0 Å². The second-order valence-corrected chi connectivity index (χ2v) is 3.71. The highest BCUT2D eigenvalue weighted by Crippen LogP contribution is 2.14. The quantitative estimate of drug-likeness (QED) is 0.611. The van der Waals surface area contributed by atoms with Crippen LogP contribution >= 0.6 is 0 Å². The molecular weight excluding hydrogens is 188 g/mol. The van der Waals surface area contributed by atoms with Crippen molar-refractivity contribution in [3.05, 3.63) is 41.7 Å². The summed E-state index contributed by atoms with van der Waals surface area (Å²) >= 11 is 0. The van der Waals surface area contributed by atoms with Crippen molar-refractivity contribution in [3.63, 3.8) is 0 Å². The Morgan fingerprint density at radius 2 is 2.40 bits per heavy atom. The molecule has 76 valence electrons. The predicted octanol–water partition coefficient (Wildman–Crippen LogP) is 2.49. The molecule has 15 heavy (non-hydrogen) atoms. The van der Waals surface area contributed by atoms with Crippen molar-refractivity contribution in [2.24, 2.45) is 0 Å². The normalized spacial score (nSPS) is 10.5. The molecule has 0 aliphatic carbocycles. The molecule has 0 radical (unpaired) electrons. The van der Waals surface area contributed by atoms with Gasteiger partial charge in [-0.3, -0.25) is 4.79 Å². The van der Waals surface area contributed by atoms with Gasteiger partial charge in [-0.25, -0.2) is 4.98 Å². The number of rotatable bonds is 3. The fourth-order valence-corrected chi connectivity index (χ4v) is 1.52. The SMILES string of the molecule is C=C(C)Cc1nc2ccc(C=O)cc2[nH]1. The lowest BCUT2D eigenvalue weighted by atomic mass is 10.2. The summed E-state index contributed by atoms with van der Waals surface area (Å²) in [5.74, 6) is 0.889. The number of nitrogens with zero attached hydrogens (tertiary/aromatic N) is 1. The second-order valence-electron chi connectivity index (χ2n) is 3.71. The Hall–Kier alpha value is -1.90. The third kappa shape index (κ3) is 1.96. The van der Waals surface area contributed by atoms with Crippen LogP contribution in [0.4, 0.5) is 0 Å². The zero-order valence-corrected chi connectivity index (χ0v) is 8.58. The van der Waals surface area contributed by atoms with E-state index >= 15 is 0 Å². The number of aromatic nitrogens is 2. The predicted molar refractivity (Wildman–Crippen MR) is 60.0 cm³/mol. The second kappa shape index (κ2) is 3.69. The van der Waals surface area contributed by atoms with Gasteiger partial charge in [-0.15, -0.1) is 0 Å². The highest BCUT2D eigenvalue weighted by Gasteiger charge is 2.03. The Morgan fingerprint density at radius 1 is 1.60 bits per heavy atom. The van der Waals surface area contributed by atoms with Crippen molar-refractivity contribution in [1.29, 1.82) is 0 Å². The largest absolute Gasteiger partial charge is 0.342 e. The van der Waals surface area contributed by atoms with Crippen LogP contribution in [0.2, 0.25) is 0 Å². The molecule has 0 unspecified atom stereocenters. The Bertz CT molecular complexity index is 525. The monoisotopic (exact) mass is 200 g/mol. The van der Waals surface area contributed by atoms with Crippen molar-refractivity contribution < 1.29 is 4.79 Å². The first kappa shape index (κ1) is 9.65. The summed E-state index contributed by atoms with van der Waals surface area (Å²) in [5, 5.41) is 0. The molecule has 0 amide bonds. The number of hydrogen-bond acceptors (Lipinski definition) is 2.